The number of thiazole rings is 2. The molecule has 0 aliphatic rings. The third-order valence-corrected chi connectivity index (χ3v) is 5.31. The number of rotatable bonds is 4. The van der Waals surface area contributed by atoms with Crippen LogP contribution in [0.25, 0.3) is 10.2 Å². The number of hydrogen-bond acceptors (Lipinski definition) is 6. The van der Waals surface area contributed by atoms with Crippen molar-refractivity contribution in [3.8, 4) is 0 Å². The molecule has 0 saturated carbocycles. The van der Waals surface area contributed by atoms with Crippen LogP contribution in [0.4, 0.5) is 5.69 Å². The van der Waals surface area contributed by atoms with Crippen LogP contribution < -0.4 is 11.1 Å². The van der Waals surface area contributed by atoms with Gasteiger partial charge >= 0.3 is 0 Å². The van der Waals surface area contributed by atoms with Crippen LogP contribution in [0.2, 0.25) is 0 Å². The molecule has 5 nitrogen and oxygen atoms in total. The number of nitrogens with two attached hydrogens (primary N) is 1. The lowest BCUT2D eigenvalue weighted by Crippen LogP contribution is -2.12. The fourth-order valence-corrected chi connectivity index (χ4v) is 3.64. The fourth-order valence-electron chi connectivity index (χ4n) is 1.97. The molecule has 3 rings (SSSR count). The number of nitrogens with zero attached hydrogens (tertiary/aromatic N) is 2. The molecule has 0 fully saturated rings. The maximum absolute atomic E-state index is 12.2. The van der Waals surface area contributed by atoms with Crippen molar-refractivity contribution < 1.29 is 4.79 Å². The minimum Gasteiger partial charge on any atom is -0.325 e. The number of carbonyl (C=O) groups excluding carboxylic acids is 1. The van der Waals surface area contributed by atoms with Gasteiger partial charge in [0, 0.05) is 23.5 Å². The average molecular weight is 332 g/mol. The number of anilines is 1. The lowest BCUT2D eigenvalue weighted by molar-refractivity contribution is 0.102. The zero-order valence-electron chi connectivity index (χ0n) is 12.3. The zero-order chi connectivity index (χ0) is 15.7. The Labute approximate surface area is 136 Å². The summed E-state index contributed by atoms with van der Waals surface area (Å²) in [7, 11) is 0. The van der Waals surface area contributed by atoms with Crippen molar-refractivity contribution in [1.82, 2.24) is 9.97 Å². The van der Waals surface area contributed by atoms with E-state index < -0.39 is 0 Å². The maximum Gasteiger partial charge on any atom is 0.275 e. The Morgan fingerprint density at radius 2 is 2.18 bits per heavy atom. The standard InChI is InChI=1S/C15H16N4OS2/c1-8(2)15-19-10-4-3-9(5-12(10)22-15)17-14(20)11-7-21-13(6-16)18-11/h3-5,7-8H,6,16H2,1-2H3,(H,17,20). The van der Waals surface area contributed by atoms with Gasteiger partial charge in [0.25, 0.3) is 5.91 Å². The van der Waals surface area contributed by atoms with Crippen LogP contribution in [0.5, 0.6) is 0 Å². The zero-order valence-corrected chi connectivity index (χ0v) is 13.9. The largest absolute Gasteiger partial charge is 0.325 e. The van der Waals surface area contributed by atoms with E-state index in [4.69, 9.17) is 5.73 Å². The smallest absolute Gasteiger partial charge is 0.275 e. The highest BCUT2D eigenvalue weighted by Crippen LogP contribution is 2.29. The third-order valence-electron chi connectivity index (χ3n) is 3.12. The van der Waals surface area contributed by atoms with Crippen molar-refractivity contribution in [1.29, 1.82) is 0 Å². The first kappa shape index (κ1) is 15.1. The molecule has 0 bridgehead atoms. The van der Waals surface area contributed by atoms with Gasteiger partial charge in [0.1, 0.15) is 10.7 Å². The summed E-state index contributed by atoms with van der Waals surface area (Å²) in [4.78, 5) is 20.9. The van der Waals surface area contributed by atoms with E-state index in [1.165, 1.54) is 11.3 Å². The van der Waals surface area contributed by atoms with Gasteiger partial charge in [-0.2, -0.15) is 0 Å². The second-order valence-corrected chi connectivity index (χ2v) is 7.18. The summed E-state index contributed by atoms with van der Waals surface area (Å²) < 4.78 is 1.07. The Balaban J connectivity index is 1.82. The van der Waals surface area contributed by atoms with Crippen LogP contribution in [0, 0.1) is 0 Å². The number of nitrogens with one attached hydrogen (secondary N) is 1. The van der Waals surface area contributed by atoms with Crippen molar-refractivity contribution in [2.24, 2.45) is 5.73 Å². The lowest BCUT2D eigenvalue weighted by Gasteiger charge is -2.02. The molecule has 2 heterocycles. The molecule has 0 saturated heterocycles. The molecule has 114 valence electrons. The highest BCUT2D eigenvalue weighted by molar-refractivity contribution is 7.18. The molecule has 0 unspecified atom stereocenters. The normalized spacial score (nSPS) is 11.3. The van der Waals surface area contributed by atoms with E-state index >= 15 is 0 Å². The predicted octanol–water partition coefficient (Wildman–Crippen LogP) is 3.59. The van der Waals surface area contributed by atoms with E-state index in [2.05, 4.69) is 29.1 Å². The summed E-state index contributed by atoms with van der Waals surface area (Å²) in [5.41, 5.74) is 7.63. The molecule has 2 aromatic heterocycles. The van der Waals surface area contributed by atoms with Crippen molar-refractivity contribution in [2.75, 3.05) is 5.32 Å². The molecule has 3 N–H and O–H groups in total. The highest BCUT2D eigenvalue weighted by atomic mass is 32.1. The Morgan fingerprint density at radius 1 is 1.36 bits per heavy atom. The number of aromatic nitrogens is 2. The van der Waals surface area contributed by atoms with Gasteiger partial charge in [-0.15, -0.1) is 22.7 Å². The highest BCUT2D eigenvalue weighted by Gasteiger charge is 2.12. The molecule has 3 aromatic rings. The number of carbonyl (C=O) groups is 1. The SMILES string of the molecule is CC(C)c1nc2ccc(NC(=O)c3csc(CN)n3)cc2s1. The molecule has 0 aliphatic carbocycles. The second kappa shape index (κ2) is 6.12. The first-order chi connectivity index (χ1) is 10.6. The van der Waals surface area contributed by atoms with Gasteiger partial charge in [-0.05, 0) is 18.2 Å². The van der Waals surface area contributed by atoms with Gasteiger partial charge in [0.2, 0.25) is 0 Å². The first-order valence-electron chi connectivity index (χ1n) is 6.93. The summed E-state index contributed by atoms with van der Waals surface area (Å²) in [6.45, 7) is 4.60. The van der Waals surface area contributed by atoms with E-state index in [1.54, 1.807) is 16.7 Å². The Bertz CT molecular complexity index is 822. The predicted molar refractivity (Wildman–Crippen MR) is 91.7 cm³/mol. The molecule has 1 aromatic carbocycles. The van der Waals surface area contributed by atoms with Gasteiger partial charge < -0.3 is 11.1 Å². The van der Waals surface area contributed by atoms with Crippen molar-refractivity contribution in [2.45, 2.75) is 26.3 Å². The molecule has 1 amide bonds. The minimum absolute atomic E-state index is 0.219. The van der Waals surface area contributed by atoms with Crippen LogP contribution in [0.1, 0.15) is 40.3 Å². The topological polar surface area (TPSA) is 80.9 Å². The summed E-state index contributed by atoms with van der Waals surface area (Å²) in [6, 6.07) is 5.74. The van der Waals surface area contributed by atoms with Crippen molar-refractivity contribution >= 4 is 44.5 Å². The second-order valence-electron chi connectivity index (χ2n) is 5.17. The lowest BCUT2D eigenvalue weighted by atomic mass is 10.2. The number of benzene rings is 1. The Kier molecular flexibility index (Phi) is 4.19. The summed E-state index contributed by atoms with van der Waals surface area (Å²) in [5.74, 6) is 0.184. The molecule has 0 radical (unpaired) electrons. The van der Waals surface area contributed by atoms with E-state index in [-0.39, 0.29) is 5.91 Å². The van der Waals surface area contributed by atoms with Gasteiger partial charge in [-0.25, -0.2) is 9.97 Å². The molecule has 0 spiro atoms. The molecule has 22 heavy (non-hydrogen) atoms. The number of hydrogen-bond donors (Lipinski definition) is 2. The summed E-state index contributed by atoms with van der Waals surface area (Å²) in [6.07, 6.45) is 0. The van der Waals surface area contributed by atoms with Crippen molar-refractivity contribution in [3.05, 3.63) is 39.3 Å². The summed E-state index contributed by atoms with van der Waals surface area (Å²) >= 11 is 3.05. The van der Waals surface area contributed by atoms with Crippen molar-refractivity contribution in [3.63, 3.8) is 0 Å². The fraction of sp³-hybridized carbons (Fsp3) is 0.267. The maximum atomic E-state index is 12.2. The van der Waals surface area contributed by atoms with E-state index in [0.29, 0.717) is 18.2 Å². The Morgan fingerprint density at radius 3 is 2.86 bits per heavy atom. The third kappa shape index (κ3) is 3.01. The molecule has 0 aliphatic heterocycles. The quantitative estimate of drug-likeness (QED) is 0.765. The van der Waals surface area contributed by atoms with Crippen LogP contribution in [-0.4, -0.2) is 15.9 Å². The van der Waals surface area contributed by atoms with Crippen LogP contribution in [0.15, 0.2) is 23.6 Å². The van der Waals surface area contributed by atoms with Crippen LogP contribution >= 0.6 is 22.7 Å². The molecular formula is C15H16N4OS2. The molecule has 7 heteroatoms. The van der Waals surface area contributed by atoms with Crippen LogP contribution in [0.3, 0.4) is 0 Å². The average Bonchev–Trinajstić information content (AvgIpc) is 3.13. The minimum atomic E-state index is -0.219. The number of fused-ring (bicyclic) bond motifs is 1. The monoisotopic (exact) mass is 332 g/mol. The van der Waals surface area contributed by atoms with Gasteiger partial charge in [0.15, 0.2) is 0 Å². The van der Waals surface area contributed by atoms with Crippen LogP contribution in [-0.2, 0) is 6.54 Å². The van der Waals surface area contributed by atoms with E-state index in [1.807, 2.05) is 18.2 Å². The van der Waals surface area contributed by atoms with E-state index in [0.717, 1.165) is 25.9 Å². The van der Waals surface area contributed by atoms with E-state index in [9.17, 15) is 4.79 Å². The summed E-state index contributed by atoms with van der Waals surface area (Å²) in [5, 5.41) is 6.45. The first-order valence-corrected chi connectivity index (χ1v) is 8.62. The van der Waals surface area contributed by atoms with Gasteiger partial charge in [-0.3, -0.25) is 4.79 Å². The molecular weight excluding hydrogens is 316 g/mol. The van der Waals surface area contributed by atoms with Gasteiger partial charge in [-0.1, -0.05) is 13.8 Å². The molecule has 0 atom stereocenters. The Hall–Kier alpha value is -1.83. The van der Waals surface area contributed by atoms with Gasteiger partial charge in [0.05, 0.1) is 15.2 Å². The number of amides is 1.